The molecule has 0 unspecified atom stereocenters. The van der Waals surface area contributed by atoms with Crippen molar-refractivity contribution in [2.24, 2.45) is 0 Å². The number of carbonyl (C=O) groups excluding carboxylic acids is 1. The standard InChI is InChI=1S/C21H25ClN2O4/c1-27-21(26)16-5-7-20(8-6-16)28-15-19(25)14-23-9-11-24(12-10-23)18-4-2-3-17(22)13-18/h2-8,13,19,25H,9-12,14-15H2,1H3/t19-/m0/s1. The zero-order valence-electron chi connectivity index (χ0n) is 15.9. The number of rotatable bonds is 7. The van der Waals surface area contributed by atoms with Crippen molar-refractivity contribution in [2.75, 3.05) is 51.3 Å². The van der Waals surface area contributed by atoms with Crippen LogP contribution in [0.2, 0.25) is 5.02 Å². The lowest BCUT2D eigenvalue weighted by Crippen LogP contribution is -2.49. The van der Waals surface area contributed by atoms with Gasteiger partial charge in [0.15, 0.2) is 0 Å². The molecule has 0 bridgehead atoms. The van der Waals surface area contributed by atoms with Gasteiger partial charge in [0, 0.05) is 43.4 Å². The molecule has 1 atom stereocenters. The van der Waals surface area contributed by atoms with Crippen LogP contribution in [0.25, 0.3) is 0 Å². The van der Waals surface area contributed by atoms with Crippen molar-refractivity contribution in [3.05, 3.63) is 59.1 Å². The Balaban J connectivity index is 1.41. The molecule has 1 N–H and O–H groups in total. The van der Waals surface area contributed by atoms with Crippen molar-refractivity contribution < 1.29 is 19.4 Å². The zero-order valence-corrected chi connectivity index (χ0v) is 16.6. The summed E-state index contributed by atoms with van der Waals surface area (Å²) in [6.07, 6.45) is -0.585. The number of ether oxygens (including phenoxy) is 2. The normalized spacial score (nSPS) is 15.9. The van der Waals surface area contributed by atoms with Crippen molar-refractivity contribution in [1.82, 2.24) is 4.90 Å². The molecule has 2 aromatic rings. The predicted molar refractivity (Wildman–Crippen MR) is 109 cm³/mol. The molecule has 0 amide bonds. The van der Waals surface area contributed by atoms with Gasteiger partial charge >= 0.3 is 5.97 Å². The van der Waals surface area contributed by atoms with Crippen LogP contribution in [0.1, 0.15) is 10.4 Å². The van der Waals surface area contributed by atoms with Crippen molar-refractivity contribution in [2.45, 2.75) is 6.10 Å². The van der Waals surface area contributed by atoms with Crippen LogP contribution in [0.3, 0.4) is 0 Å². The smallest absolute Gasteiger partial charge is 0.337 e. The maximum absolute atomic E-state index is 11.4. The Bertz CT molecular complexity index is 776. The predicted octanol–water partition coefficient (Wildman–Crippen LogP) is 2.69. The molecule has 3 rings (SSSR count). The molecule has 1 aliphatic rings. The van der Waals surface area contributed by atoms with Crippen LogP contribution in [0.4, 0.5) is 5.69 Å². The highest BCUT2D eigenvalue weighted by Gasteiger charge is 2.20. The third-order valence-corrected chi connectivity index (χ3v) is 4.97. The summed E-state index contributed by atoms with van der Waals surface area (Å²) in [6, 6.07) is 14.6. The van der Waals surface area contributed by atoms with E-state index in [0.29, 0.717) is 17.9 Å². The van der Waals surface area contributed by atoms with Crippen LogP contribution < -0.4 is 9.64 Å². The summed E-state index contributed by atoms with van der Waals surface area (Å²) >= 11 is 6.07. The summed E-state index contributed by atoms with van der Waals surface area (Å²) in [5, 5.41) is 11.0. The van der Waals surface area contributed by atoms with E-state index in [9.17, 15) is 9.90 Å². The Hall–Kier alpha value is -2.28. The quantitative estimate of drug-likeness (QED) is 0.716. The number of piperazine rings is 1. The molecule has 6 nitrogen and oxygen atoms in total. The molecule has 2 aromatic carbocycles. The molecule has 7 heteroatoms. The van der Waals surface area contributed by atoms with Gasteiger partial charge in [0.05, 0.1) is 12.7 Å². The highest BCUT2D eigenvalue weighted by molar-refractivity contribution is 6.30. The molecule has 0 radical (unpaired) electrons. The Morgan fingerprint density at radius 1 is 1.14 bits per heavy atom. The Kier molecular flexibility index (Phi) is 7.14. The first-order chi connectivity index (χ1) is 13.5. The van der Waals surface area contributed by atoms with Gasteiger partial charge in [-0.2, -0.15) is 0 Å². The fraction of sp³-hybridized carbons (Fsp3) is 0.381. The van der Waals surface area contributed by atoms with Gasteiger partial charge < -0.3 is 19.5 Å². The fourth-order valence-electron chi connectivity index (χ4n) is 3.21. The summed E-state index contributed by atoms with van der Waals surface area (Å²) in [7, 11) is 1.35. The number of nitrogens with zero attached hydrogens (tertiary/aromatic N) is 2. The van der Waals surface area contributed by atoms with Gasteiger partial charge in [-0.3, -0.25) is 4.90 Å². The van der Waals surface area contributed by atoms with Crippen LogP contribution in [0.5, 0.6) is 5.75 Å². The number of carbonyl (C=O) groups is 1. The number of β-amino-alcohol motifs (C(OH)–C–C–N with tert-alkyl or cyclic N) is 1. The molecular formula is C21H25ClN2O4. The van der Waals surface area contributed by atoms with Gasteiger partial charge in [-0.1, -0.05) is 17.7 Å². The first-order valence-corrected chi connectivity index (χ1v) is 9.65. The number of hydrogen-bond donors (Lipinski definition) is 1. The number of halogens is 1. The highest BCUT2D eigenvalue weighted by Crippen LogP contribution is 2.21. The van der Waals surface area contributed by atoms with E-state index in [1.165, 1.54) is 7.11 Å². The van der Waals surface area contributed by atoms with Gasteiger partial charge in [0.25, 0.3) is 0 Å². The lowest BCUT2D eigenvalue weighted by Gasteiger charge is -2.36. The molecule has 1 saturated heterocycles. The number of esters is 1. The molecular weight excluding hydrogens is 380 g/mol. The second-order valence-electron chi connectivity index (χ2n) is 6.75. The van der Waals surface area contributed by atoms with E-state index in [4.69, 9.17) is 16.3 Å². The van der Waals surface area contributed by atoms with Crippen LogP contribution in [-0.4, -0.2) is 68.5 Å². The van der Waals surface area contributed by atoms with E-state index in [2.05, 4.69) is 20.6 Å². The van der Waals surface area contributed by atoms with Gasteiger partial charge in [-0.05, 0) is 42.5 Å². The van der Waals surface area contributed by atoms with Crippen LogP contribution in [0, 0.1) is 0 Å². The summed E-state index contributed by atoms with van der Waals surface area (Å²) in [6.45, 7) is 4.29. The second-order valence-corrected chi connectivity index (χ2v) is 7.18. The third-order valence-electron chi connectivity index (χ3n) is 4.73. The minimum Gasteiger partial charge on any atom is -0.491 e. The first kappa shape index (κ1) is 20.5. The SMILES string of the molecule is COC(=O)c1ccc(OC[C@@H](O)CN2CCN(c3cccc(Cl)c3)CC2)cc1. The van der Waals surface area contributed by atoms with E-state index in [0.717, 1.165) is 36.9 Å². The minimum atomic E-state index is -0.585. The molecule has 28 heavy (non-hydrogen) atoms. The third kappa shape index (κ3) is 5.61. The Morgan fingerprint density at radius 2 is 1.86 bits per heavy atom. The lowest BCUT2D eigenvalue weighted by atomic mass is 10.2. The number of aliphatic hydroxyl groups excluding tert-OH is 1. The van der Waals surface area contributed by atoms with Crippen molar-refractivity contribution in [3.63, 3.8) is 0 Å². The maximum Gasteiger partial charge on any atom is 0.337 e. The van der Waals surface area contributed by atoms with E-state index < -0.39 is 6.10 Å². The number of hydrogen-bond acceptors (Lipinski definition) is 6. The average molecular weight is 405 g/mol. The Labute approximate surface area is 170 Å². The number of anilines is 1. The maximum atomic E-state index is 11.4. The average Bonchev–Trinajstić information content (AvgIpc) is 2.72. The lowest BCUT2D eigenvalue weighted by molar-refractivity contribution is 0.0599. The topological polar surface area (TPSA) is 62.2 Å². The molecule has 150 valence electrons. The fourth-order valence-corrected chi connectivity index (χ4v) is 3.39. The van der Waals surface area contributed by atoms with E-state index >= 15 is 0 Å². The van der Waals surface area contributed by atoms with E-state index in [-0.39, 0.29) is 12.6 Å². The van der Waals surface area contributed by atoms with Crippen LogP contribution >= 0.6 is 11.6 Å². The molecule has 0 saturated carbocycles. The van der Waals surface area contributed by atoms with Crippen LogP contribution in [0.15, 0.2) is 48.5 Å². The van der Waals surface area contributed by atoms with Gasteiger partial charge in [-0.25, -0.2) is 4.79 Å². The summed E-state index contributed by atoms with van der Waals surface area (Å²) in [5.41, 5.74) is 1.60. The van der Waals surface area contributed by atoms with Gasteiger partial charge in [0.2, 0.25) is 0 Å². The zero-order chi connectivity index (χ0) is 19.9. The van der Waals surface area contributed by atoms with E-state index in [1.54, 1.807) is 24.3 Å². The molecule has 1 heterocycles. The molecule has 1 aliphatic heterocycles. The molecule has 0 spiro atoms. The van der Waals surface area contributed by atoms with Gasteiger partial charge in [0.1, 0.15) is 18.5 Å². The minimum absolute atomic E-state index is 0.200. The second kappa shape index (κ2) is 9.78. The molecule has 1 fully saturated rings. The monoisotopic (exact) mass is 404 g/mol. The number of methoxy groups -OCH3 is 1. The van der Waals surface area contributed by atoms with Crippen LogP contribution in [-0.2, 0) is 4.74 Å². The van der Waals surface area contributed by atoms with Crippen molar-refractivity contribution in [1.29, 1.82) is 0 Å². The number of benzene rings is 2. The molecule has 0 aliphatic carbocycles. The largest absolute Gasteiger partial charge is 0.491 e. The number of aliphatic hydroxyl groups is 1. The van der Waals surface area contributed by atoms with Crippen molar-refractivity contribution in [3.8, 4) is 5.75 Å². The highest BCUT2D eigenvalue weighted by atomic mass is 35.5. The molecule has 0 aromatic heterocycles. The summed E-state index contributed by atoms with van der Waals surface area (Å²) in [4.78, 5) is 16.0. The first-order valence-electron chi connectivity index (χ1n) is 9.27. The van der Waals surface area contributed by atoms with Gasteiger partial charge in [-0.15, -0.1) is 0 Å². The Morgan fingerprint density at radius 3 is 2.50 bits per heavy atom. The summed E-state index contributed by atoms with van der Waals surface area (Å²) < 4.78 is 10.3. The van der Waals surface area contributed by atoms with Crippen molar-refractivity contribution >= 4 is 23.3 Å². The van der Waals surface area contributed by atoms with E-state index in [1.807, 2.05) is 18.2 Å². The summed E-state index contributed by atoms with van der Waals surface area (Å²) in [5.74, 6) is 0.223.